The molecule has 2 saturated heterocycles. The minimum Gasteiger partial charge on any atom is -0.467 e. The highest BCUT2D eigenvalue weighted by atomic mass is 19.1. The average Bonchev–Trinajstić information content (AvgIpc) is 3.29. The van der Waals surface area contributed by atoms with Gasteiger partial charge in [-0.05, 0) is 18.2 Å². The molecule has 0 aliphatic carbocycles. The van der Waals surface area contributed by atoms with Crippen LogP contribution < -0.4 is 5.32 Å². The van der Waals surface area contributed by atoms with Gasteiger partial charge in [-0.1, -0.05) is 12.1 Å². The molecule has 2 aliphatic heterocycles. The van der Waals surface area contributed by atoms with E-state index in [9.17, 15) is 9.18 Å². The predicted molar refractivity (Wildman–Crippen MR) is 96.1 cm³/mol. The number of rotatable bonds is 6. The summed E-state index contributed by atoms with van der Waals surface area (Å²) in [5, 5.41) is 3.22. The lowest BCUT2D eigenvalue weighted by molar-refractivity contribution is -0.149. The van der Waals surface area contributed by atoms with Gasteiger partial charge in [-0.15, -0.1) is 0 Å². The van der Waals surface area contributed by atoms with E-state index in [0.29, 0.717) is 30.4 Å². The fourth-order valence-corrected chi connectivity index (χ4v) is 3.37. The maximum absolute atomic E-state index is 13.5. The second-order valence-corrected chi connectivity index (χ2v) is 6.55. The predicted octanol–water partition coefficient (Wildman–Crippen LogP) is 1.42. The number of esters is 1. The Hall–Kier alpha value is -2.62. The zero-order valence-corrected chi connectivity index (χ0v) is 15.2. The summed E-state index contributed by atoms with van der Waals surface area (Å²) in [5.74, 6) is -0.368. The number of hydrogen-bond donors (Lipinski definition) is 1. The number of aromatic nitrogens is 2. The second-order valence-electron chi connectivity index (χ2n) is 6.55. The Morgan fingerprint density at radius 3 is 2.96 bits per heavy atom. The molecule has 0 spiro atoms. The minimum atomic E-state index is -0.446. The third kappa shape index (κ3) is 3.96. The number of ether oxygens (including phenoxy) is 4. The minimum absolute atomic E-state index is 0.145. The number of anilines is 1. The van der Waals surface area contributed by atoms with Crippen molar-refractivity contribution in [1.29, 1.82) is 0 Å². The quantitative estimate of drug-likeness (QED) is 0.742. The van der Waals surface area contributed by atoms with Gasteiger partial charge in [-0.3, -0.25) is 0 Å². The third-order valence-corrected chi connectivity index (χ3v) is 4.74. The molecule has 3 heterocycles. The average molecular weight is 389 g/mol. The SMILES string of the molecule is COC(=O)CO[C@H]1CO[C@@H]2[C@@H]1OC[C@@H]2Nc1nccc(-c2cccc(F)c2)n1. The number of carbonyl (C=O) groups excluding carboxylic acids is 1. The smallest absolute Gasteiger partial charge is 0.331 e. The first kappa shape index (κ1) is 18.7. The molecule has 9 heteroatoms. The molecule has 0 radical (unpaired) electrons. The Morgan fingerprint density at radius 1 is 1.29 bits per heavy atom. The van der Waals surface area contributed by atoms with E-state index in [-0.39, 0.29) is 36.8 Å². The van der Waals surface area contributed by atoms with Crippen molar-refractivity contribution in [1.82, 2.24) is 9.97 Å². The number of hydrogen-bond acceptors (Lipinski definition) is 8. The number of nitrogens with one attached hydrogen (secondary N) is 1. The zero-order chi connectivity index (χ0) is 19.5. The van der Waals surface area contributed by atoms with Crippen LogP contribution >= 0.6 is 0 Å². The first-order valence-corrected chi connectivity index (χ1v) is 8.91. The van der Waals surface area contributed by atoms with Crippen molar-refractivity contribution in [2.45, 2.75) is 24.4 Å². The largest absolute Gasteiger partial charge is 0.467 e. The van der Waals surface area contributed by atoms with E-state index in [4.69, 9.17) is 14.2 Å². The van der Waals surface area contributed by atoms with Gasteiger partial charge in [-0.25, -0.2) is 19.2 Å². The Bertz CT molecular complexity index is 852. The van der Waals surface area contributed by atoms with Gasteiger partial charge in [0.1, 0.15) is 30.7 Å². The Labute approximate surface area is 161 Å². The lowest BCUT2D eigenvalue weighted by Crippen LogP contribution is -2.37. The highest BCUT2D eigenvalue weighted by molar-refractivity contribution is 5.70. The Kier molecular flexibility index (Phi) is 5.47. The molecule has 0 saturated carbocycles. The summed E-state index contributed by atoms with van der Waals surface area (Å²) in [4.78, 5) is 19.9. The molecule has 0 unspecified atom stereocenters. The summed E-state index contributed by atoms with van der Waals surface area (Å²) >= 11 is 0. The van der Waals surface area contributed by atoms with E-state index in [2.05, 4.69) is 20.0 Å². The molecule has 0 bridgehead atoms. The number of fused-ring (bicyclic) bond motifs is 1. The molecular weight excluding hydrogens is 369 g/mol. The number of carbonyl (C=O) groups is 1. The lowest BCUT2D eigenvalue weighted by atomic mass is 10.1. The van der Waals surface area contributed by atoms with Crippen LogP contribution in [0, 0.1) is 5.82 Å². The van der Waals surface area contributed by atoms with Crippen LogP contribution in [0.5, 0.6) is 0 Å². The van der Waals surface area contributed by atoms with Crippen LogP contribution in [-0.2, 0) is 23.7 Å². The van der Waals surface area contributed by atoms with Gasteiger partial charge < -0.3 is 24.3 Å². The molecular formula is C19H20FN3O5. The molecule has 28 heavy (non-hydrogen) atoms. The monoisotopic (exact) mass is 389 g/mol. The van der Waals surface area contributed by atoms with E-state index in [1.807, 2.05) is 0 Å². The van der Waals surface area contributed by atoms with Gasteiger partial charge >= 0.3 is 5.97 Å². The molecule has 2 aliphatic rings. The van der Waals surface area contributed by atoms with Crippen LogP contribution in [0.1, 0.15) is 0 Å². The van der Waals surface area contributed by atoms with Crippen LogP contribution in [0.25, 0.3) is 11.3 Å². The summed E-state index contributed by atoms with van der Waals surface area (Å²) < 4.78 is 35.2. The number of benzene rings is 1. The summed E-state index contributed by atoms with van der Waals surface area (Å²) in [6.45, 7) is 0.573. The van der Waals surface area contributed by atoms with Crippen LogP contribution in [0.15, 0.2) is 36.5 Å². The Morgan fingerprint density at radius 2 is 2.14 bits per heavy atom. The molecule has 2 aromatic rings. The summed E-state index contributed by atoms with van der Waals surface area (Å²) in [6, 6.07) is 7.78. The summed E-state index contributed by atoms with van der Waals surface area (Å²) in [7, 11) is 1.31. The van der Waals surface area contributed by atoms with Crippen molar-refractivity contribution in [3.8, 4) is 11.3 Å². The first-order valence-electron chi connectivity index (χ1n) is 8.91. The molecule has 1 aromatic heterocycles. The van der Waals surface area contributed by atoms with Crippen LogP contribution in [-0.4, -0.2) is 67.2 Å². The van der Waals surface area contributed by atoms with E-state index >= 15 is 0 Å². The number of nitrogens with zero attached hydrogens (tertiary/aromatic N) is 2. The summed E-state index contributed by atoms with van der Waals surface area (Å²) in [5.41, 5.74) is 1.28. The van der Waals surface area contributed by atoms with E-state index in [1.165, 1.54) is 19.2 Å². The van der Waals surface area contributed by atoms with Gasteiger partial charge in [0.05, 0.1) is 32.1 Å². The van der Waals surface area contributed by atoms with Crippen molar-refractivity contribution >= 4 is 11.9 Å². The Balaban J connectivity index is 1.41. The van der Waals surface area contributed by atoms with Crippen molar-refractivity contribution in [2.24, 2.45) is 0 Å². The van der Waals surface area contributed by atoms with E-state index in [1.54, 1.807) is 24.4 Å². The molecule has 4 rings (SSSR count). The van der Waals surface area contributed by atoms with Gasteiger partial charge in [0.2, 0.25) is 5.95 Å². The normalized spacial score (nSPS) is 26.1. The summed E-state index contributed by atoms with van der Waals surface area (Å²) in [6.07, 6.45) is 0.744. The maximum Gasteiger partial charge on any atom is 0.331 e. The van der Waals surface area contributed by atoms with Crippen molar-refractivity contribution in [3.05, 3.63) is 42.3 Å². The van der Waals surface area contributed by atoms with Crippen LogP contribution in [0.3, 0.4) is 0 Å². The topological polar surface area (TPSA) is 91.8 Å². The highest BCUT2D eigenvalue weighted by Gasteiger charge is 2.48. The molecule has 148 valence electrons. The number of halogens is 1. The third-order valence-electron chi connectivity index (χ3n) is 4.74. The highest BCUT2D eigenvalue weighted by Crippen LogP contribution is 2.30. The molecule has 1 N–H and O–H groups in total. The van der Waals surface area contributed by atoms with Gasteiger partial charge in [0.15, 0.2) is 0 Å². The second kappa shape index (κ2) is 8.17. The fourth-order valence-electron chi connectivity index (χ4n) is 3.37. The van der Waals surface area contributed by atoms with Gasteiger partial charge in [-0.2, -0.15) is 0 Å². The van der Waals surface area contributed by atoms with Crippen molar-refractivity contribution in [3.63, 3.8) is 0 Å². The van der Waals surface area contributed by atoms with Crippen LogP contribution in [0.4, 0.5) is 10.3 Å². The first-order chi connectivity index (χ1) is 13.6. The molecule has 8 nitrogen and oxygen atoms in total. The molecule has 0 amide bonds. The van der Waals surface area contributed by atoms with E-state index < -0.39 is 5.97 Å². The van der Waals surface area contributed by atoms with E-state index in [0.717, 1.165) is 0 Å². The maximum atomic E-state index is 13.5. The molecule has 4 atom stereocenters. The van der Waals surface area contributed by atoms with Crippen LogP contribution in [0.2, 0.25) is 0 Å². The molecule has 2 fully saturated rings. The van der Waals surface area contributed by atoms with Gasteiger partial charge in [0, 0.05) is 11.8 Å². The number of methoxy groups -OCH3 is 1. The van der Waals surface area contributed by atoms with Crippen molar-refractivity contribution in [2.75, 3.05) is 32.2 Å². The van der Waals surface area contributed by atoms with Crippen molar-refractivity contribution < 1.29 is 28.1 Å². The van der Waals surface area contributed by atoms with Gasteiger partial charge in [0.25, 0.3) is 0 Å². The standard InChI is InChI=1S/C19H20FN3O5/c1-25-16(24)10-26-15-9-28-17-14(8-27-18(15)17)23-19-21-6-5-13(22-19)11-3-2-4-12(20)7-11/h2-7,14-15,17-18H,8-10H2,1H3,(H,21,22,23)/t14-,15-,17-,18+/m0/s1. The fraction of sp³-hybridized carbons (Fsp3) is 0.421. The lowest BCUT2D eigenvalue weighted by Gasteiger charge is -2.18. The molecule has 1 aromatic carbocycles. The zero-order valence-electron chi connectivity index (χ0n) is 15.2.